The molecule has 3 nitrogen and oxygen atoms in total. The van der Waals surface area contributed by atoms with E-state index >= 15 is 0 Å². The highest BCUT2D eigenvalue weighted by molar-refractivity contribution is 5.63. The summed E-state index contributed by atoms with van der Waals surface area (Å²) in [7, 11) is 3.83. The van der Waals surface area contributed by atoms with Crippen molar-refractivity contribution in [3.8, 4) is 11.3 Å². The Morgan fingerprint density at radius 1 is 1.39 bits per heavy atom. The van der Waals surface area contributed by atoms with Crippen LogP contribution in [0.15, 0.2) is 30.5 Å². The smallest absolute Gasteiger partial charge is 0.123 e. The first-order valence-corrected chi connectivity index (χ1v) is 6.14. The summed E-state index contributed by atoms with van der Waals surface area (Å²) >= 11 is 0. The highest BCUT2D eigenvalue weighted by Crippen LogP contribution is 2.24. The predicted molar refractivity (Wildman–Crippen MR) is 70.8 cm³/mol. The molecule has 1 aromatic carbocycles. The zero-order valence-electron chi connectivity index (χ0n) is 10.8. The van der Waals surface area contributed by atoms with Crippen LogP contribution in [0, 0.1) is 5.82 Å². The van der Waals surface area contributed by atoms with Crippen LogP contribution in [0.2, 0.25) is 0 Å². The number of hydrogen-bond donors (Lipinski definition) is 1. The molecule has 0 saturated carbocycles. The highest BCUT2D eigenvalue weighted by Gasteiger charge is 2.11. The lowest BCUT2D eigenvalue weighted by atomic mass is 10.0. The highest BCUT2D eigenvalue weighted by atomic mass is 19.1. The molecule has 0 atom stereocenters. The van der Waals surface area contributed by atoms with Gasteiger partial charge in [-0.1, -0.05) is 12.1 Å². The van der Waals surface area contributed by atoms with E-state index in [-0.39, 0.29) is 5.82 Å². The van der Waals surface area contributed by atoms with Gasteiger partial charge in [-0.3, -0.25) is 4.68 Å². The molecule has 2 aromatic rings. The lowest BCUT2D eigenvalue weighted by Gasteiger charge is -2.06. The standard InChI is InChI=1S/C14H18FN3/c1-16-8-4-6-12-10-17-18(2)14(12)11-5-3-7-13(15)9-11/h3,5,7,9-10,16H,4,6,8H2,1-2H3. The van der Waals surface area contributed by atoms with Gasteiger partial charge in [-0.2, -0.15) is 5.10 Å². The fourth-order valence-corrected chi connectivity index (χ4v) is 2.13. The number of nitrogens with zero attached hydrogens (tertiary/aromatic N) is 2. The van der Waals surface area contributed by atoms with Crippen molar-refractivity contribution in [1.29, 1.82) is 0 Å². The Morgan fingerprint density at radius 2 is 2.22 bits per heavy atom. The van der Waals surface area contributed by atoms with Crippen LogP contribution in [0.1, 0.15) is 12.0 Å². The monoisotopic (exact) mass is 247 g/mol. The van der Waals surface area contributed by atoms with Gasteiger partial charge in [0.2, 0.25) is 0 Å². The maximum Gasteiger partial charge on any atom is 0.123 e. The van der Waals surface area contributed by atoms with E-state index in [1.54, 1.807) is 12.1 Å². The molecule has 0 unspecified atom stereocenters. The fourth-order valence-electron chi connectivity index (χ4n) is 2.13. The Morgan fingerprint density at radius 3 is 2.94 bits per heavy atom. The Balaban J connectivity index is 2.29. The van der Waals surface area contributed by atoms with Crippen molar-refractivity contribution in [2.24, 2.45) is 7.05 Å². The van der Waals surface area contributed by atoms with Gasteiger partial charge in [0.25, 0.3) is 0 Å². The second-order valence-corrected chi connectivity index (χ2v) is 4.36. The van der Waals surface area contributed by atoms with Crippen LogP contribution in [0.25, 0.3) is 11.3 Å². The Labute approximate surface area is 107 Å². The number of benzene rings is 1. The summed E-state index contributed by atoms with van der Waals surface area (Å²) < 4.78 is 15.1. The summed E-state index contributed by atoms with van der Waals surface area (Å²) in [6.07, 6.45) is 3.86. The Kier molecular flexibility index (Phi) is 4.10. The lowest BCUT2D eigenvalue weighted by Crippen LogP contribution is -2.08. The molecule has 0 spiro atoms. The van der Waals surface area contributed by atoms with Crippen molar-refractivity contribution in [1.82, 2.24) is 15.1 Å². The molecule has 1 aromatic heterocycles. The van der Waals surface area contributed by atoms with E-state index < -0.39 is 0 Å². The molecule has 0 aliphatic rings. The molecule has 0 aliphatic heterocycles. The van der Waals surface area contributed by atoms with Crippen molar-refractivity contribution in [3.63, 3.8) is 0 Å². The number of aromatic nitrogens is 2. The molecule has 1 N–H and O–H groups in total. The quantitative estimate of drug-likeness (QED) is 0.822. The molecular formula is C14H18FN3. The molecule has 0 radical (unpaired) electrons. The maximum absolute atomic E-state index is 13.3. The first kappa shape index (κ1) is 12.8. The van der Waals surface area contributed by atoms with E-state index in [9.17, 15) is 4.39 Å². The molecule has 18 heavy (non-hydrogen) atoms. The summed E-state index contributed by atoms with van der Waals surface area (Å²) in [5, 5.41) is 7.40. The fraction of sp³-hybridized carbons (Fsp3) is 0.357. The third-order valence-electron chi connectivity index (χ3n) is 2.99. The van der Waals surface area contributed by atoms with E-state index in [2.05, 4.69) is 10.4 Å². The van der Waals surface area contributed by atoms with Crippen LogP contribution in [-0.4, -0.2) is 23.4 Å². The van der Waals surface area contributed by atoms with Gasteiger partial charge in [0, 0.05) is 12.6 Å². The first-order valence-electron chi connectivity index (χ1n) is 6.14. The van der Waals surface area contributed by atoms with Gasteiger partial charge in [-0.25, -0.2) is 4.39 Å². The molecule has 0 fully saturated rings. The van der Waals surface area contributed by atoms with Crippen LogP contribution in [0.3, 0.4) is 0 Å². The molecule has 0 amide bonds. The summed E-state index contributed by atoms with van der Waals surface area (Å²) in [6.45, 7) is 0.970. The largest absolute Gasteiger partial charge is 0.320 e. The van der Waals surface area contributed by atoms with Gasteiger partial charge in [0.1, 0.15) is 5.82 Å². The summed E-state index contributed by atoms with van der Waals surface area (Å²) in [5.74, 6) is -0.213. The first-order chi connectivity index (χ1) is 8.72. The molecule has 0 saturated heterocycles. The molecule has 0 bridgehead atoms. The Hall–Kier alpha value is -1.68. The summed E-state index contributed by atoms with van der Waals surface area (Å²) in [6, 6.07) is 6.66. The van der Waals surface area contributed by atoms with Crippen LogP contribution < -0.4 is 5.32 Å². The third-order valence-corrected chi connectivity index (χ3v) is 2.99. The molecule has 1 heterocycles. The van der Waals surface area contributed by atoms with E-state index in [0.29, 0.717) is 0 Å². The van der Waals surface area contributed by atoms with Crippen LogP contribution in [-0.2, 0) is 13.5 Å². The molecule has 96 valence electrons. The molecule has 4 heteroatoms. The van der Waals surface area contributed by atoms with Gasteiger partial charge in [0.05, 0.1) is 11.9 Å². The minimum atomic E-state index is -0.213. The van der Waals surface area contributed by atoms with Crippen molar-refractivity contribution < 1.29 is 4.39 Å². The van der Waals surface area contributed by atoms with Gasteiger partial charge < -0.3 is 5.32 Å². The van der Waals surface area contributed by atoms with Gasteiger partial charge in [-0.05, 0) is 44.1 Å². The third kappa shape index (κ3) is 2.76. The molecule has 2 rings (SSSR count). The predicted octanol–water partition coefficient (Wildman–Crippen LogP) is 2.38. The minimum absolute atomic E-state index is 0.213. The second-order valence-electron chi connectivity index (χ2n) is 4.36. The van der Waals surface area contributed by atoms with E-state index in [0.717, 1.165) is 30.6 Å². The van der Waals surface area contributed by atoms with E-state index in [4.69, 9.17) is 0 Å². The number of rotatable bonds is 5. The zero-order chi connectivity index (χ0) is 13.0. The number of aryl methyl sites for hydroxylation is 2. The van der Waals surface area contributed by atoms with E-state index in [1.165, 1.54) is 11.6 Å². The van der Waals surface area contributed by atoms with Gasteiger partial charge in [-0.15, -0.1) is 0 Å². The Bertz CT molecular complexity index is 520. The summed E-state index contributed by atoms with van der Waals surface area (Å²) in [5.41, 5.74) is 3.05. The molecular weight excluding hydrogens is 229 g/mol. The summed E-state index contributed by atoms with van der Waals surface area (Å²) in [4.78, 5) is 0. The van der Waals surface area contributed by atoms with Crippen LogP contribution >= 0.6 is 0 Å². The topological polar surface area (TPSA) is 29.9 Å². The lowest BCUT2D eigenvalue weighted by molar-refractivity contribution is 0.628. The number of halogens is 1. The van der Waals surface area contributed by atoms with E-state index in [1.807, 2.05) is 31.0 Å². The van der Waals surface area contributed by atoms with Gasteiger partial charge in [0.15, 0.2) is 0 Å². The number of hydrogen-bond acceptors (Lipinski definition) is 2. The number of nitrogens with one attached hydrogen (secondary N) is 1. The maximum atomic E-state index is 13.3. The minimum Gasteiger partial charge on any atom is -0.320 e. The van der Waals surface area contributed by atoms with Crippen molar-refractivity contribution in [3.05, 3.63) is 41.8 Å². The van der Waals surface area contributed by atoms with Crippen molar-refractivity contribution in [2.45, 2.75) is 12.8 Å². The van der Waals surface area contributed by atoms with Crippen molar-refractivity contribution >= 4 is 0 Å². The normalized spacial score (nSPS) is 10.8. The average Bonchev–Trinajstić information content (AvgIpc) is 2.71. The van der Waals surface area contributed by atoms with Crippen LogP contribution in [0.5, 0.6) is 0 Å². The van der Waals surface area contributed by atoms with Crippen LogP contribution in [0.4, 0.5) is 4.39 Å². The second kappa shape index (κ2) is 5.78. The average molecular weight is 247 g/mol. The molecule has 0 aliphatic carbocycles. The van der Waals surface area contributed by atoms with Crippen molar-refractivity contribution in [2.75, 3.05) is 13.6 Å². The zero-order valence-corrected chi connectivity index (χ0v) is 10.8. The SMILES string of the molecule is CNCCCc1cnn(C)c1-c1cccc(F)c1. The van der Waals surface area contributed by atoms with Gasteiger partial charge >= 0.3 is 0 Å².